The minimum atomic E-state index is 1.14. The van der Waals surface area contributed by atoms with Gasteiger partial charge in [0.15, 0.2) is 0 Å². The van der Waals surface area contributed by atoms with Gasteiger partial charge in [-0.1, -0.05) is 18.2 Å². The molecule has 1 heterocycles. The van der Waals surface area contributed by atoms with E-state index in [1.165, 1.54) is 9.88 Å². The van der Waals surface area contributed by atoms with E-state index in [4.69, 9.17) is 0 Å². The number of hydrogen-bond donors (Lipinski definition) is 1. The van der Waals surface area contributed by atoms with Gasteiger partial charge in [-0.05, 0) is 31.2 Å². The molecular weight excluding hydrogens is 178 g/mol. The van der Waals surface area contributed by atoms with Gasteiger partial charge >= 0.3 is 0 Å². The third kappa shape index (κ3) is 2.10. The molecule has 2 aromatic rings. The van der Waals surface area contributed by atoms with E-state index in [1.807, 2.05) is 18.2 Å². The molecule has 0 radical (unpaired) electrons. The van der Waals surface area contributed by atoms with Crippen LogP contribution < -0.4 is 5.32 Å². The zero-order valence-corrected chi connectivity index (χ0v) is 8.27. The van der Waals surface area contributed by atoms with Crippen molar-refractivity contribution in [3.8, 4) is 0 Å². The number of rotatable bonds is 2. The fourth-order valence-corrected chi connectivity index (χ4v) is 1.95. The first-order valence-electron chi connectivity index (χ1n) is 4.23. The van der Waals surface area contributed by atoms with Gasteiger partial charge in [0, 0.05) is 10.6 Å². The Hall–Kier alpha value is -1.28. The van der Waals surface area contributed by atoms with Gasteiger partial charge in [0.05, 0.1) is 5.00 Å². The number of nitrogens with one attached hydrogen (secondary N) is 1. The zero-order chi connectivity index (χ0) is 9.10. The predicted molar refractivity (Wildman–Crippen MR) is 58.8 cm³/mol. The number of aryl methyl sites for hydroxylation is 1. The van der Waals surface area contributed by atoms with Crippen molar-refractivity contribution in [1.82, 2.24) is 0 Å². The highest BCUT2D eigenvalue weighted by atomic mass is 32.1. The SMILES string of the molecule is Cc1ccc(Nc2ccccc2)s1. The molecule has 2 heteroatoms. The first-order valence-corrected chi connectivity index (χ1v) is 5.05. The molecule has 0 aliphatic heterocycles. The van der Waals surface area contributed by atoms with Gasteiger partial charge in [0.2, 0.25) is 0 Å². The highest BCUT2D eigenvalue weighted by Crippen LogP contribution is 2.24. The maximum atomic E-state index is 3.34. The van der Waals surface area contributed by atoms with E-state index in [0.29, 0.717) is 0 Å². The second-order valence-corrected chi connectivity index (χ2v) is 4.19. The molecular formula is C11H11NS. The lowest BCUT2D eigenvalue weighted by molar-refractivity contribution is 1.61. The molecule has 0 aliphatic rings. The molecule has 2 rings (SSSR count). The topological polar surface area (TPSA) is 12.0 Å². The Labute approximate surface area is 82.0 Å². The van der Waals surface area contributed by atoms with Crippen molar-refractivity contribution in [2.24, 2.45) is 0 Å². The summed E-state index contributed by atoms with van der Waals surface area (Å²) in [5, 5.41) is 4.54. The smallest absolute Gasteiger partial charge is 0.0929 e. The number of hydrogen-bond acceptors (Lipinski definition) is 2. The summed E-state index contributed by atoms with van der Waals surface area (Å²) < 4.78 is 0. The summed E-state index contributed by atoms with van der Waals surface area (Å²) in [5.74, 6) is 0. The molecule has 1 aromatic heterocycles. The van der Waals surface area contributed by atoms with Crippen molar-refractivity contribution >= 4 is 22.0 Å². The van der Waals surface area contributed by atoms with Crippen LogP contribution in [0.25, 0.3) is 0 Å². The van der Waals surface area contributed by atoms with E-state index in [1.54, 1.807) is 11.3 Å². The fourth-order valence-electron chi connectivity index (χ4n) is 1.17. The number of benzene rings is 1. The molecule has 0 saturated heterocycles. The minimum Gasteiger partial charge on any atom is -0.347 e. The van der Waals surface area contributed by atoms with Gasteiger partial charge in [-0.2, -0.15) is 0 Å². The summed E-state index contributed by atoms with van der Waals surface area (Å²) in [5.41, 5.74) is 1.14. The average molecular weight is 189 g/mol. The monoisotopic (exact) mass is 189 g/mol. The summed E-state index contributed by atoms with van der Waals surface area (Å²) in [7, 11) is 0. The van der Waals surface area contributed by atoms with Crippen LogP contribution in [0.15, 0.2) is 42.5 Å². The first-order chi connectivity index (χ1) is 6.34. The minimum absolute atomic E-state index is 1.14. The maximum Gasteiger partial charge on any atom is 0.0929 e. The van der Waals surface area contributed by atoms with Crippen LogP contribution in [0.5, 0.6) is 0 Å². The third-order valence-electron chi connectivity index (χ3n) is 1.78. The van der Waals surface area contributed by atoms with Crippen LogP contribution in [0.3, 0.4) is 0 Å². The summed E-state index contributed by atoms with van der Waals surface area (Å²) in [6.07, 6.45) is 0. The molecule has 1 N–H and O–H groups in total. The summed E-state index contributed by atoms with van der Waals surface area (Å²) in [6.45, 7) is 2.11. The molecule has 0 bridgehead atoms. The second-order valence-electron chi connectivity index (χ2n) is 2.90. The normalized spacial score (nSPS) is 9.92. The lowest BCUT2D eigenvalue weighted by atomic mass is 10.3. The van der Waals surface area contributed by atoms with Crippen molar-refractivity contribution in [3.63, 3.8) is 0 Å². The number of para-hydroxylation sites is 1. The van der Waals surface area contributed by atoms with Gasteiger partial charge in [0.25, 0.3) is 0 Å². The highest BCUT2D eigenvalue weighted by molar-refractivity contribution is 7.16. The van der Waals surface area contributed by atoms with E-state index in [9.17, 15) is 0 Å². The summed E-state index contributed by atoms with van der Waals surface area (Å²) in [4.78, 5) is 1.33. The van der Waals surface area contributed by atoms with Gasteiger partial charge < -0.3 is 5.32 Å². The average Bonchev–Trinajstić information content (AvgIpc) is 2.53. The largest absolute Gasteiger partial charge is 0.347 e. The molecule has 0 unspecified atom stereocenters. The van der Waals surface area contributed by atoms with E-state index in [0.717, 1.165) is 5.69 Å². The van der Waals surface area contributed by atoms with Gasteiger partial charge in [-0.3, -0.25) is 0 Å². The standard InChI is InChI=1S/C11H11NS/c1-9-7-8-11(13-9)12-10-5-3-2-4-6-10/h2-8,12H,1H3. The lowest BCUT2D eigenvalue weighted by Crippen LogP contribution is -1.84. The van der Waals surface area contributed by atoms with Crippen LogP contribution in [0.1, 0.15) is 4.88 Å². The van der Waals surface area contributed by atoms with Crippen LogP contribution in [0.2, 0.25) is 0 Å². The molecule has 0 fully saturated rings. The van der Waals surface area contributed by atoms with Gasteiger partial charge in [-0.15, -0.1) is 11.3 Å². The lowest BCUT2D eigenvalue weighted by Gasteiger charge is -2.01. The summed E-state index contributed by atoms with van der Waals surface area (Å²) in [6, 6.07) is 14.4. The van der Waals surface area contributed by atoms with Crippen molar-refractivity contribution in [2.45, 2.75) is 6.92 Å². The molecule has 0 saturated carbocycles. The number of anilines is 2. The van der Waals surface area contributed by atoms with Crippen molar-refractivity contribution in [2.75, 3.05) is 5.32 Å². The molecule has 0 spiro atoms. The Morgan fingerprint density at radius 3 is 2.38 bits per heavy atom. The second kappa shape index (κ2) is 3.62. The van der Waals surface area contributed by atoms with Crippen LogP contribution in [0.4, 0.5) is 10.7 Å². The van der Waals surface area contributed by atoms with Crippen LogP contribution in [0, 0.1) is 6.92 Å². The molecule has 13 heavy (non-hydrogen) atoms. The first kappa shape index (κ1) is 8.32. The Bertz CT molecular complexity index is 378. The predicted octanol–water partition coefficient (Wildman–Crippen LogP) is 3.80. The van der Waals surface area contributed by atoms with Crippen LogP contribution in [-0.2, 0) is 0 Å². The molecule has 0 amide bonds. The van der Waals surface area contributed by atoms with E-state index in [-0.39, 0.29) is 0 Å². The van der Waals surface area contributed by atoms with E-state index < -0.39 is 0 Å². The molecule has 0 atom stereocenters. The number of thiophene rings is 1. The Morgan fingerprint density at radius 1 is 1.00 bits per heavy atom. The molecule has 66 valence electrons. The van der Waals surface area contributed by atoms with Crippen molar-refractivity contribution in [3.05, 3.63) is 47.3 Å². The fraction of sp³-hybridized carbons (Fsp3) is 0.0909. The molecule has 1 nitrogen and oxygen atoms in total. The third-order valence-corrected chi connectivity index (χ3v) is 2.70. The van der Waals surface area contributed by atoms with E-state index >= 15 is 0 Å². The Morgan fingerprint density at radius 2 is 1.77 bits per heavy atom. The zero-order valence-electron chi connectivity index (χ0n) is 7.45. The van der Waals surface area contributed by atoms with Crippen LogP contribution >= 0.6 is 11.3 Å². The molecule has 1 aromatic carbocycles. The maximum absolute atomic E-state index is 3.34. The van der Waals surface area contributed by atoms with E-state index in [2.05, 4.69) is 36.5 Å². The Kier molecular flexibility index (Phi) is 2.32. The van der Waals surface area contributed by atoms with Crippen molar-refractivity contribution in [1.29, 1.82) is 0 Å². The molecule has 0 aliphatic carbocycles. The van der Waals surface area contributed by atoms with Gasteiger partial charge in [-0.25, -0.2) is 0 Å². The van der Waals surface area contributed by atoms with Gasteiger partial charge in [0.1, 0.15) is 0 Å². The van der Waals surface area contributed by atoms with Crippen LogP contribution in [-0.4, -0.2) is 0 Å². The highest BCUT2D eigenvalue weighted by Gasteiger charge is 1.95. The Balaban J connectivity index is 2.15. The quantitative estimate of drug-likeness (QED) is 0.757. The van der Waals surface area contributed by atoms with Crippen molar-refractivity contribution < 1.29 is 0 Å². The summed E-state index contributed by atoms with van der Waals surface area (Å²) >= 11 is 1.77.